The van der Waals surface area contributed by atoms with Crippen LogP contribution < -0.4 is 0 Å². The van der Waals surface area contributed by atoms with E-state index in [2.05, 4.69) is 12.1 Å². The second-order valence-corrected chi connectivity index (χ2v) is 3.46. The summed E-state index contributed by atoms with van der Waals surface area (Å²) in [5, 5.41) is 11.2. The van der Waals surface area contributed by atoms with Crippen molar-refractivity contribution in [3.8, 4) is 0 Å². The third kappa shape index (κ3) is 6.16. The van der Waals surface area contributed by atoms with Gasteiger partial charge in [-0.2, -0.15) is 0 Å². The van der Waals surface area contributed by atoms with Crippen LogP contribution in [0.5, 0.6) is 0 Å². The minimum Gasteiger partial charge on any atom is -0.411 e. The quantitative estimate of drug-likeness (QED) is 0.290. The van der Waals surface area contributed by atoms with Gasteiger partial charge in [-0.05, 0) is 20.3 Å². The molecule has 0 aromatic heterocycles. The molecule has 72 valence electrons. The molecule has 1 N–H and O–H groups in total. The van der Waals surface area contributed by atoms with E-state index in [4.69, 9.17) is 9.94 Å². The van der Waals surface area contributed by atoms with Gasteiger partial charge in [-0.25, -0.2) is 0 Å². The van der Waals surface area contributed by atoms with Crippen LogP contribution in [0.2, 0.25) is 0 Å². The lowest BCUT2D eigenvalue weighted by molar-refractivity contribution is -0.0127. The third-order valence-corrected chi connectivity index (χ3v) is 1.66. The molecule has 3 nitrogen and oxygen atoms in total. The van der Waals surface area contributed by atoms with Crippen LogP contribution in [0, 0.1) is 0 Å². The molecule has 0 heterocycles. The summed E-state index contributed by atoms with van der Waals surface area (Å²) < 4.78 is 5.57. The number of hydrogen-bond acceptors (Lipinski definition) is 3. The predicted octanol–water partition coefficient (Wildman–Crippen LogP) is 2.43. The van der Waals surface area contributed by atoms with Crippen molar-refractivity contribution in [1.82, 2.24) is 0 Å². The van der Waals surface area contributed by atoms with Crippen LogP contribution in [0.25, 0.3) is 0 Å². The van der Waals surface area contributed by atoms with Gasteiger partial charge >= 0.3 is 0 Å². The van der Waals surface area contributed by atoms with Gasteiger partial charge in [0.2, 0.25) is 0 Å². The molecule has 0 atom stereocenters. The van der Waals surface area contributed by atoms with Gasteiger partial charge in [0.25, 0.3) is 0 Å². The Morgan fingerprint density at radius 2 is 2.17 bits per heavy atom. The zero-order valence-electron chi connectivity index (χ0n) is 8.21. The van der Waals surface area contributed by atoms with Gasteiger partial charge in [-0.15, -0.1) is 5.16 Å². The molecule has 0 unspecified atom stereocenters. The highest BCUT2D eigenvalue weighted by Crippen LogP contribution is 2.13. The van der Waals surface area contributed by atoms with E-state index in [-0.39, 0.29) is 5.60 Å². The molecule has 0 amide bonds. The van der Waals surface area contributed by atoms with E-state index in [1.807, 2.05) is 13.8 Å². The first-order valence-electron chi connectivity index (χ1n) is 4.42. The van der Waals surface area contributed by atoms with Crippen molar-refractivity contribution in [3.05, 3.63) is 0 Å². The molecule has 0 aliphatic carbocycles. The van der Waals surface area contributed by atoms with E-state index in [1.54, 1.807) is 0 Å². The second-order valence-electron chi connectivity index (χ2n) is 3.46. The molecule has 0 saturated heterocycles. The molecule has 0 radical (unpaired) electrons. The van der Waals surface area contributed by atoms with Crippen LogP contribution in [-0.4, -0.2) is 23.6 Å². The molecule has 0 aromatic carbocycles. The van der Waals surface area contributed by atoms with E-state index in [9.17, 15) is 0 Å². The fraction of sp³-hybridized carbons (Fsp3) is 0.889. The highest BCUT2D eigenvalue weighted by Gasteiger charge is 2.16. The third-order valence-electron chi connectivity index (χ3n) is 1.66. The molecule has 0 aromatic rings. The van der Waals surface area contributed by atoms with E-state index >= 15 is 0 Å². The van der Waals surface area contributed by atoms with Crippen LogP contribution in [0.3, 0.4) is 0 Å². The van der Waals surface area contributed by atoms with Gasteiger partial charge in [-0.1, -0.05) is 13.3 Å². The molecule has 0 aliphatic heterocycles. The summed E-state index contributed by atoms with van der Waals surface area (Å²) in [6.45, 7) is 6.89. The molecule has 0 fully saturated rings. The highest BCUT2D eigenvalue weighted by atomic mass is 16.5. The molecular formula is C9H19NO2. The average molecular weight is 173 g/mol. The van der Waals surface area contributed by atoms with Crippen molar-refractivity contribution < 1.29 is 9.94 Å². The molecule has 0 saturated carbocycles. The van der Waals surface area contributed by atoms with E-state index in [0.717, 1.165) is 19.4 Å². The summed E-state index contributed by atoms with van der Waals surface area (Å²) in [7, 11) is 0. The Balaban J connectivity index is 3.55. The fourth-order valence-corrected chi connectivity index (χ4v) is 0.812. The first kappa shape index (κ1) is 11.4. The lowest BCUT2D eigenvalue weighted by Crippen LogP contribution is -2.25. The van der Waals surface area contributed by atoms with Crippen LogP contribution in [0.15, 0.2) is 5.16 Å². The first-order valence-corrected chi connectivity index (χ1v) is 4.42. The lowest BCUT2D eigenvalue weighted by atomic mass is 10.1. The molecule has 0 spiro atoms. The van der Waals surface area contributed by atoms with Gasteiger partial charge in [0, 0.05) is 19.2 Å². The molecule has 12 heavy (non-hydrogen) atoms. The van der Waals surface area contributed by atoms with Crippen LogP contribution >= 0.6 is 0 Å². The maximum Gasteiger partial charge on any atom is 0.0676 e. The first-order chi connectivity index (χ1) is 5.62. The SMILES string of the molecule is CCCCOC(C)(C)CC=NO. The normalized spacial score (nSPS) is 12.6. The van der Waals surface area contributed by atoms with Crippen LogP contribution in [0.4, 0.5) is 0 Å². The van der Waals surface area contributed by atoms with Crippen LogP contribution in [-0.2, 0) is 4.74 Å². The Labute approximate surface area is 74.4 Å². The number of nitrogens with zero attached hydrogens (tertiary/aromatic N) is 1. The van der Waals surface area contributed by atoms with Crippen molar-refractivity contribution in [2.75, 3.05) is 6.61 Å². The van der Waals surface area contributed by atoms with Gasteiger partial charge in [-0.3, -0.25) is 0 Å². The molecule has 0 aliphatic rings. The van der Waals surface area contributed by atoms with Crippen molar-refractivity contribution in [1.29, 1.82) is 0 Å². The molecule has 0 rings (SSSR count). The zero-order valence-corrected chi connectivity index (χ0v) is 8.21. The van der Waals surface area contributed by atoms with Gasteiger partial charge in [0.05, 0.1) is 5.60 Å². The van der Waals surface area contributed by atoms with E-state index in [1.165, 1.54) is 6.21 Å². The lowest BCUT2D eigenvalue weighted by Gasteiger charge is -2.22. The standard InChI is InChI=1S/C9H19NO2/c1-4-5-8-12-9(2,3)6-7-10-11/h7,11H,4-6,8H2,1-3H3. The molecule has 3 heteroatoms. The van der Waals surface area contributed by atoms with Crippen molar-refractivity contribution >= 4 is 6.21 Å². The second kappa shape index (κ2) is 6.00. The minimum absolute atomic E-state index is 0.207. The minimum atomic E-state index is -0.207. The Kier molecular flexibility index (Phi) is 5.72. The average Bonchev–Trinajstić information content (AvgIpc) is 2.01. The van der Waals surface area contributed by atoms with Crippen molar-refractivity contribution in [2.24, 2.45) is 5.16 Å². The molecule has 0 bridgehead atoms. The van der Waals surface area contributed by atoms with Gasteiger partial charge in [0.15, 0.2) is 0 Å². The van der Waals surface area contributed by atoms with Crippen molar-refractivity contribution in [2.45, 2.75) is 45.6 Å². The summed E-state index contributed by atoms with van der Waals surface area (Å²) in [5.41, 5.74) is -0.207. The Morgan fingerprint density at radius 1 is 1.50 bits per heavy atom. The predicted molar refractivity (Wildman–Crippen MR) is 49.8 cm³/mol. The summed E-state index contributed by atoms with van der Waals surface area (Å²) in [4.78, 5) is 0. The van der Waals surface area contributed by atoms with Gasteiger partial charge in [0.1, 0.15) is 0 Å². The smallest absolute Gasteiger partial charge is 0.0676 e. The number of unbranched alkanes of at least 4 members (excludes halogenated alkanes) is 1. The Hall–Kier alpha value is -0.570. The largest absolute Gasteiger partial charge is 0.411 e. The van der Waals surface area contributed by atoms with Crippen molar-refractivity contribution in [3.63, 3.8) is 0 Å². The topological polar surface area (TPSA) is 41.8 Å². The number of ether oxygens (including phenoxy) is 1. The van der Waals surface area contributed by atoms with Crippen LogP contribution in [0.1, 0.15) is 40.0 Å². The van der Waals surface area contributed by atoms with E-state index < -0.39 is 0 Å². The summed E-state index contributed by atoms with van der Waals surface area (Å²) in [6, 6.07) is 0. The maximum atomic E-state index is 8.22. The Morgan fingerprint density at radius 3 is 2.67 bits per heavy atom. The summed E-state index contributed by atoms with van der Waals surface area (Å²) in [6.07, 6.45) is 4.34. The summed E-state index contributed by atoms with van der Waals surface area (Å²) >= 11 is 0. The monoisotopic (exact) mass is 173 g/mol. The summed E-state index contributed by atoms with van der Waals surface area (Å²) in [5.74, 6) is 0. The van der Waals surface area contributed by atoms with E-state index in [0.29, 0.717) is 6.42 Å². The zero-order chi connectivity index (χ0) is 9.45. The Bertz CT molecular complexity index is 132. The fourth-order valence-electron chi connectivity index (χ4n) is 0.812. The number of hydrogen-bond donors (Lipinski definition) is 1. The number of rotatable bonds is 6. The highest BCUT2D eigenvalue weighted by molar-refractivity contribution is 5.57. The molecular weight excluding hydrogens is 154 g/mol. The van der Waals surface area contributed by atoms with Gasteiger partial charge < -0.3 is 9.94 Å². The number of oxime groups is 1. The maximum absolute atomic E-state index is 8.22.